The lowest BCUT2D eigenvalue weighted by Crippen LogP contribution is -2.26. The molecule has 0 aliphatic heterocycles. The van der Waals surface area contributed by atoms with Gasteiger partial charge in [0.25, 0.3) is 5.91 Å². The Bertz CT molecular complexity index is 337. The van der Waals surface area contributed by atoms with E-state index in [2.05, 4.69) is 5.32 Å². The van der Waals surface area contributed by atoms with Crippen LogP contribution < -0.4 is 11.1 Å². The first-order valence-electron chi connectivity index (χ1n) is 4.40. The van der Waals surface area contributed by atoms with Crippen molar-refractivity contribution >= 4 is 11.6 Å². The smallest absolute Gasteiger partial charge is 0.251 e. The summed E-state index contributed by atoms with van der Waals surface area (Å²) in [5.41, 5.74) is 7.72. The highest BCUT2D eigenvalue weighted by molar-refractivity contribution is 5.95. The third-order valence-electron chi connectivity index (χ3n) is 1.94. The van der Waals surface area contributed by atoms with Gasteiger partial charge in [-0.2, -0.15) is 0 Å². The van der Waals surface area contributed by atoms with E-state index in [1.54, 1.807) is 18.2 Å². The highest BCUT2D eigenvalue weighted by atomic mass is 16.3. The lowest BCUT2D eigenvalue weighted by Gasteiger charge is -2.05. The number of aryl methyl sites for hydroxylation is 1. The number of aliphatic hydroxyl groups excluding tert-OH is 1. The number of rotatable bonds is 3. The summed E-state index contributed by atoms with van der Waals surface area (Å²) in [5, 5.41) is 11.1. The first kappa shape index (κ1) is 10.5. The quantitative estimate of drug-likeness (QED) is 0.606. The number of carbonyl (C=O) groups excluding carboxylic acids is 1. The van der Waals surface area contributed by atoms with Crippen LogP contribution in [0.25, 0.3) is 0 Å². The number of anilines is 1. The van der Waals surface area contributed by atoms with Crippen LogP contribution in [0.3, 0.4) is 0 Å². The number of aliphatic hydroxyl groups is 1. The minimum absolute atomic E-state index is 0.0624. The van der Waals surface area contributed by atoms with Crippen LogP contribution >= 0.6 is 0 Å². The number of hydrogen-bond donors (Lipinski definition) is 3. The van der Waals surface area contributed by atoms with Crippen LogP contribution in [-0.2, 0) is 0 Å². The van der Waals surface area contributed by atoms with E-state index in [1.807, 2.05) is 6.92 Å². The normalized spacial score (nSPS) is 9.86. The Morgan fingerprint density at radius 1 is 1.57 bits per heavy atom. The standard InChI is InChI=1S/C10H14N2O2/c1-7-2-3-8(6-9(7)11)10(14)12-4-5-13/h2-3,6,13H,4-5,11H2,1H3,(H,12,14). The highest BCUT2D eigenvalue weighted by Crippen LogP contribution is 2.12. The molecule has 4 nitrogen and oxygen atoms in total. The van der Waals surface area contributed by atoms with E-state index in [1.165, 1.54) is 0 Å². The van der Waals surface area contributed by atoms with Gasteiger partial charge in [-0.3, -0.25) is 4.79 Å². The number of amides is 1. The van der Waals surface area contributed by atoms with Crippen LogP contribution in [0.5, 0.6) is 0 Å². The van der Waals surface area contributed by atoms with E-state index in [4.69, 9.17) is 10.8 Å². The molecule has 1 amide bonds. The molecule has 0 heterocycles. The Balaban J connectivity index is 2.76. The van der Waals surface area contributed by atoms with E-state index in [0.29, 0.717) is 11.3 Å². The van der Waals surface area contributed by atoms with Crippen molar-refractivity contribution in [1.29, 1.82) is 0 Å². The maximum absolute atomic E-state index is 11.4. The van der Waals surface area contributed by atoms with Crippen molar-refractivity contribution in [2.45, 2.75) is 6.92 Å². The summed E-state index contributed by atoms with van der Waals surface area (Å²) >= 11 is 0. The second-order valence-corrected chi connectivity index (χ2v) is 3.05. The van der Waals surface area contributed by atoms with Gasteiger partial charge >= 0.3 is 0 Å². The first-order chi connectivity index (χ1) is 6.65. The SMILES string of the molecule is Cc1ccc(C(=O)NCCO)cc1N. The molecule has 4 N–H and O–H groups in total. The molecule has 1 aromatic carbocycles. The Hall–Kier alpha value is -1.55. The number of benzene rings is 1. The highest BCUT2D eigenvalue weighted by Gasteiger charge is 2.05. The number of nitrogens with two attached hydrogens (primary N) is 1. The van der Waals surface area contributed by atoms with Gasteiger partial charge in [0.1, 0.15) is 0 Å². The second kappa shape index (κ2) is 4.62. The maximum atomic E-state index is 11.4. The van der Waals surface area contributed by atoms with Crippen molar-refractivity contribution in [1.82, 2.24) is 5.32 Å². The summed E-state index contributed by atoms with van der Waals surface area (Å²) in [6.45, 7) is 2.07. The predicted molar refractivity (Wildman–Crippen MR) is 55.0 cm³/mol. The van der Waals surface area contributed by atoms with Crippen molar-refractivity contribution in [2.75, 3.05) is 18.9 Å². The minimum atomic E-state index is -0.217. The van der Waals surface area contributed by atoms with Gasteiger partial charge < -0.3 is 16.2 Å². The molecule has 0 spiro atoms. The summed E-state index contributed by atoms with van der Waals surface area (Å²) in [6.07, 6.45) is 0. The molecular weight excluding hydrogens is 180 g/mol. The molecule has 0 atom stereocenters. The van der Waals surface area contributed by atoms with E-state index in [0.717, 1.165) is 5.56 Å². The fourth-order valence-electron chi connectivity index (χ4n) is 1.05. The van der Waals surface area contributed by atoms with Gasteiger partial charge in [0.2, 0.25) is 0 Å². The molecule has 0 aliphatic rings. The average molecular weight is 194 g/mol. The van der Waals surface area contributed by atoms with Gasteiger partial charge in [-0.05, 0) is 24.6 Å². The van der Waals surface area contributed by atoms with Gasteiger partial charge in [0.15, 0.2) is 0 Å². The Morgan fingerprint density at radius 3 is 2.86 bits per heavy atom. The van der Waals surface area contributed by atoms with Crippen LogP contribution in [-0.4, -0.2) is 24.2 Å². The largest absolute Gasteiger partial charge is 0.398 e. The maximum Gasteiger partial charge on any atom is 0.251 e. The van der Waals surface area contributed by atoms with Crippen molar-refractivity contribution in [3.05, 3.63) is 29.3 Å². The van der Waals surface area contributed by atoms with Crippen LogP contribution in [0, 0.1) is 6.92 Å². The van der Waals surface area contributed by atoms with Crippen LogP contribution in [0.15, 0.2) is 18.2 Å². The molecule has 0 unspecified atom stereocenters. The molecule has 14 heavy (non-hydrogen) atoms. The summed E-state index contributed by atoms with van der Waals surface area (Å²) in [7, 11) is 0. The lowest BCUT2D eigenvalue weighted by molar-refractivity contribution is 0.0945. The third kappa shape index (κ3) is 2.47. The van der Waals surface area contributed by atoms with Crippen molar-refractivity contribution in [3.63, 3.8) is 0 Å². The molecule has 0 aromatic heterocycles. The van der Waals surface area contributed by atoms with Crippen LogP contribution in [0.1, 0.15) is 15.9 Å². The summed E-state index contributed by atoms with van der Waals surface area (Å²) in [4.78, 5) is 11.4. The molecule has 0 bridgehead atoms. The average Bonchev–Trinajstić information content (AvgIpc) is 2.18. The van der Waals surface area contributed by atoms with E-state index >= 15 is 0 Å². The molecular formula is C10H14N2O2. The van der Waals surface area contributed by atoms with E-state index in [-0.39, 0.29) is 19.1 Å². The van der Waals surface area contributed by atoms with E-state index < -0.39 is 0 Å². The van der Waals surface area contributed by atoms with Crippen LogP contribution in [0.4, 0.5) is 5.69 Å². The summed E-state index contributed by atoms with van der Waals surface area (Å²) in [5.74, 6) is -0.217. The number of nitrogen functional groups attached to an aromatic ring is 1. The zero-order valence-corrected chi connectivity index (χ0v) is 8.08. The monoisotopic (exact) mass is 194 g/mol. The van der Waals surface area contributed by atoms with Crippen molar-refractivity contribution < 1.29 is 9.90 Å². The molecule has 4 heteroatoms. The Kier molecular flexibility index (Phi) is 3.48. The summed E-state index contributed by atoms with van der Waals surface area (Å²) < 4.78 is 0. The molecule has 1 rings (SSSR count). The molecule has 1 aromatic rings. The fourth-order valence-corrected chi connectivity index (χ4v) is 1.05. The van der Waals surface area contributed by atoms with Gasteiger partial charge in [-0.1, -0.05) is 6.07 Å². The third-order valence-corrected chi connectivity index (χ3v) is 1.94. The number of nitrogens with one attached hydrogen (secondary N) is 1. The Labute approximate surface area is 82.7 Å². The van der Waals surface area contributed by atoms with Gasteiger partial charge in [0.05, 0.1) is 6.61 Å². The molecule has 0 fully saturated rings. The lowest BCUT2D eigenvalue weighted by atomic mass is 10.1. The Morgan fingerprint density at radius 2 is 2.29 bits per heavy atom. The predicted octanol–water partition coefficient (Wildman–Crippen LogP) is 0.299. The molecule has 0 saturated heterocycles. The first-order valence-corrected chi connectivity index (χ1v) is 4.40. The minimum Gasteiger partial charge on any atom is -0.398 e. The zero-order chi connectivity index (χ0) is 10.6. The van der Waals surface area contributed by atoms with E-state index in [9.17, 15) is 4.79 Å². The fraction of sp³-hybridized carbons (Fsp3) is 0.300. The van der Waals surface area contributed by atoms with Gasteiger partial charge in [-0.25, -0.2) is 0 Å². The number of carbonyl (C=O) groups is 1. The van der Waals surface area contributed by atoms with Crippen molar-refractivity contribution in [2.24, 2.45) is 0 Å². The molecule has 0 saturated carbocycles. The number of hydrogen-bond acceptors (Lipinski definition) is 3. The molecule has 76 valence electrons. The zero-order valence-electron chi connectivity index (χ0n) is 8.08. The second-order valence-electron chi connectivity index (χ2n) is 3.05. The van der Waals surface area contributed by atoms with Crippen molar-refractivity contribution in [3.8, 4) is 0 Å². The van der Waals surface area contributed by atoms with Gasteiger partial charge in [0, 0.05) is 17.8 Å². The van der Waals surface area contributed by atoms with Gasteiger partial charge in [-0.15, -0.1) is 0 Å². The van der Waals surface area contributed by atoms with Crippen LogP contribution in [0.2, 0.25) is 0 Å². The topological polar surface area (TPSA) is 75.3 Å². The molecule has 0 radical (unpaired) electrons. The molecule has 0 aliphatic carbocycles. The summed E-state index contributed by atoms with van der Waals surface area (Å²) in [6, 6.07) is 5.13.